The molecule has 1 aromatic heterocycles. The van der Waals surface area contributed by atoms with Gasteiger partial charge in [-0.2, -0.15) is 0 Å². The number of carbonyl (C=O) groups excluding carboxylic acids is 1. The van der Waals surface area contributed by atoms with Gasteiger partial charge in [-0.05, 0) is 30.9 Å². The van der Waals surface area contributed by atoms with Crippen LogP contribution in [0.25, 0.3) is 0 Å². The zero-order valence-corrected chi connectivity index (χ0v) is 9.25. The number of aromatic nitrogens is 1. The average Bonchev–Trinajstić information content (AvgIpc) is 2.18. The summed E-state index contributed by atoms with van der Waals surface area (Å²) in [4.78, 5) is 15.2. The van der Waals surface area contributed by atoms with Crippen LogP contribution in [0.5, 0.6) is 0 Å². The molecule has 1 heterocycles. The first-order valence-electron chi connectivity index (χ1n) is 4.99. The van der Waals surface area contributed by atoms with Crippen LogP contribution in [0, 0.1) is 0 Å². The van der Waals surface area contributed by atoms with Crippen molar-refractivity contribution in [3.63, 3.8) is 0 Å². The van der Waals surface area contributed by atoms with Gasteiger partial charge in [0, 0.05) is 6.92 Å². The maximum atomic E-state index is 10.9. The summed E-state index contributed by atoms with van der Waals surface area (Å²) in [6, 6.07) is 3.73. The van der Waals surface area contributed by atoms with Gasteiger partial charge in [0.15, 0.2) is 0 Å². The van der Waals surface area contributed by atoms with Crippen LogP contribution in [0.3, 0.4) is 0 Å². The van der Waals surface area contributed by atoms with Crippen molar-refractivity contribution in [1.29, 1.82) is 0 Å². The zero-order chi connectivity index (χ0) is 10.8. The predicted octanol–water partition coefficient (Wildman–Crippen LogP) is 2.68. The first kappa shape index (κ1) is 10.4. The van der Waals surface area contributed by atoms with Gasteiger partial charge < -0.3 is 4.74 Å². The van der Waals surface area contributed by atoms with Gasteiger partial charge in [-0.3, -0.25) is 4.79 Å². The quantitative estimate of drug-likeness (QED) is 0.545. The summed E-state index contributed by atoms with van der Waals surface area (Å²) in [5.74, 6) is -0.269. The van der Waals surface area contributed by atoms with Crippen LogP contribution in [0.4, 0.5) is 0 Å². The molecule has 1 aromatic rings. The van der Waals surface area contributed by atoms with E-state index in [4.69, 9.17) is 16.3 Å². The maximum absolute atomic E-state index is 10.9. The normalized spacial score (nSPS) is 19.5. The van der Waals surface area contributed by atoms with E-state index in [1.54, 1.807) is 6.07 Å². The van der Waals surface area contributed by atoms with Gasteiger partial charge in [-0.1, -0.05) is 17.7 Å². The number of carbonyl (C=O) groups is 1. The number of esters is 1. The number of pyridine rings is 1. The number of aryl methyl sites for hydroxylation is 1. The fraction of sp³-hybridized carbons (Fsp3) is 0.455. The van der Waals surface area contributed by atoms with E-state index in [1.165, 1.54) is 6.92 Å². The number of hydrogen-bond donors (Lipinski definition) is 0. The Labute approximate surface area is 93.4 Å². The Morgan fingerprint density at radius 2 is 2.40 bits per heavy atom. The Morgan fingerprint density at radius 3 is 3.13 bits per heavy atom. The van der Waals surface area contributed by atoms with Crippen LogP contribution in [0.1, 0.15) is 37.1 Å². The summed E-state index contributed by atoms with van der Waals surface area (Å²) >= 11 is 5.83. The third-order valence-electron chi connectivity index (χ3n) is 2.50. The Hall–Kier alpha value is -1.09. The van der Waals surface area contributed by atoms with Crippen molar-refractivity contribution in [3.05, 3.63) is 28.5 Å². The SMILES string of the molecule is CC(=O)OC1CCCc2ccc(Cl)nc21. The van der Waals surface area contributed by atoms with E-state index < -0.39 is 0 Å². The lowest BCUT2D eigenvalue weighted by Crippen LogP contribution is -2.16. The molecule has 1 atom stereocenters. The van der Waals surface area contributed by atoms with Gasteiger partial charge in [0.2, 0.25) is 0 Å². The molecule has 0 bridgehead atoms. The van der Waals surface area contributed by atoms with E-state index in [2.05, 4.69) is 4.98 Å². The van der Waals surface area contributed by atoms with Gasteiger partial charge in [-0.25, -0.2) is 4.98 Å². The number of hydrogen-bond acceptors (Lipinski definition) is 3. The number of halogens is 1. The smallest absolute Gasteiger partial charge is 0.303 e. The van der Waals surface area contributed by atoms with E-state index in [1.807, 2.05) is 6.07 Å². The molecule has 1 unspecified atom stereocenters. The highest BCUT2D eigenvalue weighted by atomic mass is 35.5. The van der Waals surface area contributed by atoms with E-state index in [9.17, 15) is 4.79 Å². The second-order valence-electron chi connectivity index (χ2n) is 3.67. The average molecular weight is 226 g/mol. The van der Waals surface area contributed by atoms with Crippen molar-refractivity contribution >= 4 is 17.6 Å². The lowest BCUT2D eigenvalue weighted by molar-refractivity contribution is -0.147. The van der Waals surface area contributed by atoms with E-state index in [-0.39, 0.29) is 12.1 Å². The Morgan fingerprint density at radius 1 is 1.60 bits per heavy atom. The number of rotatable bonds is 1. The standard InChI is InChI=1S/C11H12ClNO2/c1-7(14)15-9-4-2-3-8-5-6-10(12)13-11(8)9/h5-6,9H,2-4H2,1H3. The topological polar surface area (TPSA) is 39.2 Å². The summed E-state index contributed by atoms with van der Waals surface area (Å²) in [6.45, 7) is 1.42. The first-order chi connectivity index (χ1) is 7.16. The molecule has 80 valence electrons. The highest BCUT2D eigenvalue weighted by molar-refractivity contribution is 6.29. The number of nitrogens with zero attached hydrogens (tertiary/aromatic N) is 1. The largest absolute Gasteiger partial charge is 0.456 e. The number of ether oxygens (including phenoxy) is 1. The molecule has 0 spiro atoms. The van der Waals surface area contributed by atoms with Crippen molar-refractivity contribution in [1.82, 2.24) is 4.98 Å². The van der Waals surface area contributed by atoms with Crippen LogP contribution in [0.15, 0.2) is 12.1 Å². The zero-order valence-electron chi connectivity index (χ0n) is 8.50. The van der Waals surface area contributed by atoms with Gasteiger partial charge >= 0.3 is 5.97 Å². The van der Waals surface area contributed by atoms with Crippen molar-refractivity contribution in [2.24, 2.45) is 0 Å². The molecule has 2 rings (SSSR count). The third kappa shape index (κ3) is 2.29. The van der Waals surface area contributed by atoms with Crippen molar-refractivity contribution < 1.29 is 9.53 Å². The molecule has 4 heteroatoms. The summed E-state index contributed by atoms with van der Waals surface area (Å²) < 4.78 is 5.21. The van der Waals surface area contributed by atoms with Gasteiger partial charge in [-0.15, -0.1) is 0 Å². The van der Waals surface area contributed by atoms with Crippen LogP contribution >= 0.6 is 11.6 Å². The molecule has 0 aromatic carbocycles. The Kier molecular flexibility index (Phi) is 2.91. The van der Waals surface area contributed by atoms with Crippen LogP contribution in [-0.4, -0.2) is 11.0 Å². The van der Waals surface area contributed by atoms with Crippen molar-refractivity contribution in [2.75, 3.05) is 0 Å². The molecule has 3 nitrogen and oxygen atoms in total. The maximum Gasteiger partial charge on any atom is 0.303 e. The monoisotopic (exact) mass is 225 g/mol. The van der Waals surface area contributed by atoms with Crippen molar-refractivity contribution in [2.45, 2.75) is 32.3 Å². The highest BCUT2D eigenvalue weighted by Gasteiger charge is 2.24. The molecule has 0 saturated carbocycles. The highest BCUT2D eigenvalue weighted by Crippen LogP contribution is 2.31. The molecule has 0 radical (unpaired) electrons. The molecule has 0 saturated heterocycles. The minimum Gasteiger partial charge on any atom is -0.456 e. The molecular weight excluding hydrogens is 214 g/mol. The van der Waals surface area contributed by atoms with Crippen molar-refractivity contribution in [3.8, 4) is 0 Å². The fourth-order valence-electron chi connectivity index (χ4n) is 1.90. The first-order valence-corrected chi connectivity index (χ1v) is 5.37. The lowest BCUT2D eigenvalue weighted by Gasteiger charge is -2.23. The van der Waals surface area contributed by atoms with E-state index in [0.29, 0.717) is 5.15 Å². The molecular formula is C11H12ClNO2. The third-order valence-corrected chi connectivity index (χ3v) is 2.71. The Balaban J connectivity index is 2.32. The Bertz CT molecular complexity index is 392. The predicted molar refractivity (Wildman–Crippen MR) is 56.7 cm³/mol. The molecule has 1 aliphatic carbocycles. The minimum atomic E-state index is -0.269. The van der Waals surface area contributed by atoms with Gasteiger partial charge in [0.25, 0.3) is 0 Å². The summed E-state index contributed by atoms with van der Waals surface area (Å²) in [7, 11) is 0. The molecule has 15 heavy (non-hydrogen) atoms. The summed E-state index contributed by atoms with van der Waals surface area (Å²) in [5, 5.41) is 0.452. The number of fused-ring (bicyclic) bond motifs is 1. The molecule has 0 amide bonds. The second-order valence-corrected chi connectivity index (χ2v) is 4.06. The molecule has 1 aliphatic rings. The lowest BCUT2D eigenvalue weighted by atomic mass is 9.94. The van der Waals surface area contributed by atoms with Gasteiger partial charge in [0.1, 0.15) is 11.3 Å². The molecule has 0 fully saturated rings. The van der Waals surface area contributed by atoms with Crippen LogP contribution < -0.4 is 0 Å². The van der Waals surface area contributed by atoms with E-state index in [0.717, 1.165) is 30.5 Å². The van der Waals surface area contributed by atoms with Crippen LogP contribution in [-0.2, 0) is 16.0 Å². The summed E-state index contributed by atoms with van der Waals surface area (Å²) in [5.41, 5.74) is 1.96. The minimum absolute atomic E-state index is 0.218. The summed E-state index contributed by atoms with van der Waals surface area (Å²) in [6.07, 6.45) is 2.62. The molecule has 0 aliphatic heterocycles. The molecule has 0 N–H and O–H groups in total. The van der Waals surface area contributed by atoms with Gasteiger partial charge in [0.05, 0.1) is 5.69 Å². The second kappa shape index (κ2) is 4.19. The van der Waals surface area contributed by atoms with Crippen LogP contribution in [0.2, 0.25) is 5.15 Å². The van der Waals surface area contributed by atoms with E-state index >= 15 is 0 Å². The fourth-order valence-corrected chi connectivity index (χ4v) is 2.05.